The molecule has 0 aromatic heterocycles. The zero-order valence-electron chi connectivity index (χ0n) is 54.1. The molecule has 84 heavy (non-hydrogen) atoms. The number of piperazine rings is 2. The molecule has 7 rings (SSSR count). The van der Waals surface area contributed by atoms with E-state index in [1.54, 1.807) is 0 Å². The summed E-state index contributed by atoms with van der Waals surface area (Å²) in [5.74, 6) is 2.14. The first-order valence-corrected chi connectivity index (χ1v) is 32.6. The SMILES string of the molecule is CC(C)C(=O)N1CCCC1.CC(C)C(=O)N1CCCCC1.CC(C)C(=O)N1CCN(C)CC1.CC(C)C(=O)N1CCN(C2CCCCC2)CC1.CC(C)C(=O)Nc1ccccc1.CC(C)P(=O)(O)O.CC(C)[C@H]1OC[C@@H](O)[C@H](O)[C@H]1O.O=C=O. The molecule has 6 aliphatic rings. The number of amides is 5. The van der Waals surface area contributed by atoms with Gasteiger partial charge in [0.2, 0.25) is 29.5 Å². The number of benzene rings is 1. The Bertz CT molecular complexity index is 2040. The van der Waals surface area contributed by atoms with E-state index in [9.17, 15) is 38.8 Å². The van der Waals surface area contributed by atoms with E-state index in [2.05, 4.69) is 22.2 Å². The van der Waals surface area contributed by atoms with Crippen LogP contribution in [-0.4, -0.2) is 219 Å². The molecule has 6 fully saturated rings. The highest BCUT2D eigenvalue weighted by atomic mass is 31.2. The highest BCUT2D eigenvalue weighted by molar-refractivity contribution is 7.52. The fraction of sp³-hybridized carbons (Fsp3) is 0.806. The molecular weight excluding hydrogens is 1100 g/mol. The van der Waals surface area contributed by atoms with Gasteiger partial charge in [-0.25, -0.2) is 0 Å². The smallest absolute Gasteiger partial charge is 0.373 e. The van der Waals surface area contributed by atoms with Crippen LogP contribution in [0.5, 0.6) is 0 Å². The Morgan fingerprint density at radius 3 is 1.21 bits per heavy atom. The van der Waals surface area contributed by atoms with Crippen LogP contribution in [0.2, 0.25) is 0 Å². The number of ether oxygens (including phenoxy) is 1. The summed E-state index contributed by atoms with van der Waals surface area (Å²) < 4.78 is 15.2. The molecule has 5 aliphatic heterocycles. The predicted molar refractivity (Wildman–Crippen MR) is 329 cm³/mol. The minimum atomic E-state index is -3.74. The topological polar surface area (TPSA) is 278 Å². The molecular formula is C62H114N7O14P. The first kappa shape index (κ1) is 79.9. The summed E-state index contributed by atoms with van der Waals surface area (Å²) in [6, 6.07) is 10.3. The molecule has 0 radical (unpaired) electrons. The zero-order valence-corrected chi connectivity index (χ0v) is 55.0. The monoisotopic (exact) mass is 1210 g/mol. The van der Waals surface area contributed by atoms with Gasteiger partial charge in [-0.05, 0) is 70.0 Å². The molecule has 1 aromatic carbocycles. The molecule has 5 saturated heterocycles. The van der Waals surface area contributed by atoms with Gasteiger partial charge < -0.3 is 59.7 Å². The van der Waals surface area contributed by atoms with Gasteiger partial charge in [0.05, 0.1) is 18.4 Å². The Balaban J connectivity index is 0.000000960. The van der Waals surface area contributed by atoms with Gasteiger partial charge in [0.15, 0.2) is 0 Å². The van der Waals surface area contributed by atoms with E-state index in [0.717, 1.165) is 90.3 Å². The first-order valence-electron chi connectivity index (χ1n) is 31.0. The average molecular weight is 1210 g/mol. The minimum Gasteiger partial charge on any atom is -0.388 e. The van der Waals surface area contributed by atoms with Crippen molar-refractivity contribution in [1.29, 1.82) is 0 Å². The number of piperidine rings is 1. The molecule has 1 aromatic rings. The van der Waals surface area contributed by atoms with Crippen molar-refractivity contribution in [3.8, 4) is 0 Å². The number of rotatable bonds is 9. The number of aliphatic hydroxyl groups excluding tert-OH is 3. The van der Waals surface area contributed by atoms with Crippen LogP contribution in [0.15, 0.2) is 30.3 Å². The molecule has 5 amide bonds. The highest BCUT2D eigenvalue weighted by Crippen LogP contribution is 2.40. The van der Waals surface area contributed by atoms with Crippen LogP contribution in [0.25, 0.3) is 0 Å². The van der Waals surface area contributed by atoms with Gasteiger partial charge in [-0.1, -0.05) is 134 Å². The van der Waals surface area contributed by atoms with Gasteiger partial charge in [0.25, 0.3) is 0 Å². The second-order valence-corrected chi connectivity index (χ2v) is 26.9. The van der Waals surface area contributed by atoms with Crippen LogP contribution in [0.1, 0.15) is 161 Å². The third-order valence-electron chi connectivity index (χ3n) is 15.0. The predicted octanol–water partition coefficient (Wildman–Crippen LogP) is 6.85. The number of nitrogens with zero attached hydrogens (tertiary/aromatic N) is 6. The Morgan fingerprint density at radius 2 is 0.869 bits per heavy atom. The van der Waals surface area contributed by atoms with Crippen molar-refractivity contribution < 1.29 is 68.0 Å². The molecule has 0 spiro atoms. The van der Waals surface area contributed by atoms with Gasteiger partial charge >= 0.3 is 13.7 Å². The van der Waals surface area contributed by atoms with Gasteiger partial charge in [0.1, 0.15) is 18.3 Å². The van der Waals surface area contributed by atoms with Crippen LogP contribution < -0.4 is 5.32 Å². The number of carbonyl (C=O) groups excluding carboxylic acids is 7. The van der Waals surface area contributed by atoms with E-state index >= 15 is 0 Å². The summed E-state index contributed by atoms with van der Waals surface area (Å²) in [6.45, 7) is 38.2. The quantitative estimate of drug-likeness (QED) is 0.138. The van der Waals surface area contributed by atoms with Gasteiger partial charge in [0, 0.05) is 120 Å². The van der Waals surface area contributed by atoms with Gasteiger partial charge in [-0.3, -0.25) is 33.4 Å². The third-order valence-corrected chi connectivity index (χ3v) is 16.4. The van der Waals surface area contributed by atoms with E-state index in [1.807, 2.05) is 133 Å². The normalized spacial score (nSPS) is 21.3. The summed E-state index contributed by atoms with van der Waals surface area (Å²) in [6.07, 6.45) is 9.89. The number of nitrogens with one attached hydrogen (secondary N) is 1. The van der Waals surface area contributed by atoms with E-state index in [1.165, 1.54) is 78.1 Å². The molecule has 1 aliphatic carbocycles. The van der Waals surface area contributed by atoms with E-state index in [4.69, 9.17) is 29.2 Å². The first-order chi connectivity index (χ1) is 39.3. The van der Waals surface area contributed by atoms with Crippen LogP contribution in [0, 0.1) is 35.5 Å². The van der Waals surface area contributed by atoms with Crippen LogP contribution in [-0.2, 0) is 42.9 Å². The number of likely N-dealkylation sites (N-methyl/N-ethyl adjacent to an activating group) is 1. The van der Waals surface area contributed by atoms with Crippen molar-refractivity contribution in [3.63, 3.8) is 0 Å². The second-order valence-electron chi connectivity index (χ2n) is 24.7. The lowest BCUT2D eigenvalue weighted by Gasteiger charge is -2.41. The van der Waals surface area contributed by atoms with Crippen molar-refractivity contribution in [1.82, 2.24) is 29.4 Å². The number of carbonyl (C=O) groups is 5. The third kappa shape index (κ3) is 33.1. The Hall–Kier alpha value is -4.14. The summed E-state index contributed by atoms with van der Waals surface area (Å²) in [7, 11) is -1.64. The lowest BCUT2D eigenvalue weighted by atomic mass is 9.93. The number of aliphatic hydroxyl groups is 3. The van der Waals surface area contributed by atoms with Crippen LogP contribution in [0.3, 0.4) is 0 Å². The van der Waals surface area contributed by atoms with E-state index < -0.39 is 31.6 Å². The zero-order chi connectivity index (χ0) is 64.3. The molecule has 4 atom stereocenters. The lowest BCUT2D eigenvalue weighted by Crippen LogP contribution is -2.54. The van der Waals surface area contributed by atoms with E-state index in [-0.39, 0.29) is 60.3 Å². The number of para-hydroxylation sites is 1. The lowest BCUT2D eigenvalue weighted by molar-refractivity contribution is -0.197. The molecule has 21 nitrogen and oxygen atoms in total. The van der Waals surface area contributed by atoms with Gasteiger partial charge in [-0.2, -0.15) is 9.59 Å². The van der Waals surface area contributed by atoms with Crippen molar-refractivity contribution in [2.24, 2.45) is 35.5 Å². The average Bonchev–Trinajstić information content (AvgIpc) is 4.15. The molecule has 486 valence electrons. The summed E-state index contributed by atoms with van der Waals surface area (Å²) in [5.41, 5.74) is 0.323. The maximum Gasteiger partial charge on any atom is 0.373 e. The summed E-state index contributed by atoms with van der Waals surface area (Å²) >= 11 is 0. The molecule has 0 unspecified atom stereocenters. The Morgan fingerprint density at radius 1 is 0.524 bits per heavy atom. The summed E-state index contributed by atoms with van der Waals surface area (Å²) in [4.78, 5) is 103. The van der Waals surface area contributed by atoms with Gasteiger partial charge in [-0.15, -0.1) is 0 Å². The van der Waals surface area contributed by atoms with Crippen molar-refractivity contribution in [2.45, 2.75) is 197 Å². The molecule has 5 heterocycles. The van der Waals surface area contributed by atoms with Crippen molar-refractivity contribution in [3.05, 3.63) is 30.3 Å². The number of likely N-dealkylation sites (tertiary alicyclic amines) is 2. The number of hydrogen-bond donors (Lipinski definition) is 6. The number of hydrogen-bond acceptors (Lipinski definition) is 14. The fourth-order valence-corrected chi connectivity index (χ4v) is 9.52. The highest BCUT2D eigenvalue weighted by Gasteiger charge is 2.39. The Labute approximate surface area is 505 Å². The second kappa shape index (κ2) is 43.5. The largest absolute Gasteiger partial charge is 0.388 e. The molecule has 0 bridgehead atoms. The van der Waals surface area contributed by atoms with Crippen LogP contribution >= 0.6 is 7.60 Å². The molecule has 6 N–H and O–H groups in total. The fourth-order valence-electron chi connectivity index (χ4n) is 9.52. The Kier molecular flexibility index (Phi) is 41.3. The maximum atomic E-state index is 11.9. The van der Waals surface area contributed by atoms with E-state index in [0.29, 0.717) is 23.6 Å². The number of anilines is 1. The van der Waals surface area contributed by atoms with Crippen molar-refractivity contribution in [2.75, 3.05) is 97.5 Å². The molecule has 1 saturated carbocycles. The standard InChI is InChI=1S/C14H26N2O.C10H13NO.C9H18N2O.C9H17NO.C8H15NO.C8H16O4.C3H9O3P.CO2/c1-12(2)14(17)16-10-8-15(9-11-16)13-6-4-3-5-7-13;1-8(2)10(12)11-9-6-4-3-5-7-9;1-8(2)9(12)11-6-4-10(3)5-7-11;1-8(2)9(11)10-6-4-3-5-7-10;1-7(2)8(10)9-5-3-4-6-9;1-4(2)8-7(11)6(10)5(9)3-12-8;1-3(2)7(4,5)6;2-1-3/h12-13H,3-11H2,1-2H3;3-8H,1-2H3,(H,11,12);8H,4-7H2,1-3H3;8H,3-7H2,1-2H3;7H,3-6H2,1-2H3;4-11H,3H2,1-2H3;3H,1-2H3,(H2,4,5,6);/t;;;;;5-,6+,7-,8-;;/m.....1../s1. The molecule has 22 heteroatoms. The van der Waals surface area contributed by atoms with Crippen molar-refractivity contribution >= 4 is 49.0 Å². The minimum absolute atomic E-state index is 0.0326. The summed E-state index contributed by atoms with van der Waals surface area (Å²) in [5, 5.41) is 30.6. The van der Waals surface area contributed by atoms with Crippen LogP contribution in [0.4, 0.5) is 5.69 Å². The maximum absolute atomic E-state index is 11.9.